The summed E-state index contributed by atoms with van der Waals surface area (Å²) in [5, 5.41) is 10.6. The molecule has 3 unspecified atom stereocenters. The van der Waals surface area contributed by atoms with Gasteiger partial charge in [-0.1, -0.05) is 31.0 Å². The number of carbonyl (C=O) groups is 1. The van der Waals surface area contributed by atoms with Crippen molar-refractivity contribution < 1.29 is 9.90 Å². The molecule has 0 amide bonds. The zero-order chi connectivity index (χ0) is 13.3. The third-order valence-electron chi connectivity index (χ3n) is 4.53. The topological polar surface area (TPSA) is 37.3 Å². The van der Waals surface area contributed by atoms with E-state index in [-0.39, 0.29) is 11.0 Å². The number of ketones is 1. The van der Waals surface area contributed by atoms with Gasteiger partial charge in [0.1, 0.15) is 5.78 Å². The van der Waals surface area contributed by atoms with Crippen molar-refractivity contribution in [3.8, 4) is 0 Å². The monoisotopic (exact) mass is 276 g/mol. The molecule has 3 rings (SSSR count). The van der Waals surface area contributed by atoms with Gasteiger partial charge in [-0.3, -0.25) is 4.79 Å². The molecule has 1 aromatic rings. The molecule has 2 saturated carbocycles. The van der Waals surface area contributed by atoms with E-state index in [0.717, 1.165) is 30.6 Å². The van der Waals surface area contributed by atoms with Crippen LogP contribution < -0.4 is 0 Å². The third-order valence-corrected chi connectivity index (χ3v) is 5.82. The number of thioether (sulfide) groups is 1. The second kappa shape index (κ2) is 5.29. The van der Waals surface area contributed by atoms with Crippen molar-refractivity contribution in [3.05, 3.63) is 30.3 Å². The fourth-order valence-electron chi connectivity index (χ4n) is 3.45. The van der Waals surface area contributed by atoms with Gasteiger partial charge in [-0.15, -0.1) is 11.8 Å². The van der Waals surface area contributed by atoms with E-state index in [0.29, 0.717) is 12.3 Å². The number of fused-ring (bicyclic) bond motifs is 1. The highest BCUT2D eigenvalue weighted by atomic mass is 32.2. The molecule has 0 bridgehead atoms. The van der Waals surface area contributed by atoms with Gasteiger partial charge in [0.15, 0.2) is 0 Å². The van der Waals surface area contributed by atoms with E-state index in [2.05, 4.69) is 12.1 Å². The van der Waals surface area contributed by atoms with E-state index in [9.17, 15) is 9.90 Å². The number of Topliss-reactive ketones (excluding diaryl/α,β-unsaturated/α-hetero) is 1. The van der Waals surface area contributed by atoms with Gasteiger partial charge in [0.05, 0.1) is 10.9 Å². The molecule has 0 spiro atoms. The van der Waals surface area contributed by atoms with Crippen molar-refractivity contribution >= 4 is 17.5 Å². The van der Waals surface area contributed by atoms with E-state index < -0.39 is 5.60 Å². The average molecular weight is 276 g/mol. The van der Waals surface area contributed by atoms with E-state index in [1.54, 1.807) is 11.8 Å². The molecule has 2 aliphatic carbocycles. The Labute approximate surface area is 118 Å². The normalized spacial score (nSPS) is 34.9. The van der Waals surface area contributed by atoms with Crippen LogP contribution in [0.5, 0.6) is 0 Å². The summed E-state index contributed by atoms with van der Waals surface area (Å²) in [6.45, 7) is 0. The predicted octanol–water partition coefficient (Wildman–Crippen LogP) is 3.43. The summed E-state index contributed by atoms with van der Waals surface area (Å²) in [5.74, 6) is 0.551. The van der Waals surface area contributed by atoms with Crippen LogP contribution in [0.2, 0.25) is 0 Å². The van der Waals surface area contributed by atoms with Crippen LogP contribution in [0, 0.1) is 5.92 Å². The van der Waals surface area contributed by atoms with Crippen molar-refractivity contribution in [2.24, 2.45) is 5.92 Å². The van der Waals surface area contributed by atoms with Crippen molar-refractivity contribution in [1.82, 2.24) is 0 Å². The Kier molecular flexibility index (Phi) is 3.68. The first kappa shape index (κ1) is 13.2. The molecule has 0 heterocycles. The van der Waals surface area contributed by atoms with Gasteiger partial charge in [-0.2, -0.15) is 0 Å². The Hall–Kier alpha value is -0.800. The third kappa shape index (κ3) is 2.72. The van der Waals surface area contributed by atoms with Crippen LogP contribution >= 0.6 is 11.8 Å². The van der Waals surface area contributed by atoms with Crippen molar-refractivity contribution in [2.45, 2.75) is 54.3 Å². The van der Waals surface area contributed by atoms with E-state index in [1.165, 1.54) is 6.42 Å². The number of rotatable bonds is 2. The fourth-order valence-corrected chi connectivity index (χ4v) is 4.63. The van der Waals surface area contributed by atoms with Gasteiger partial charge in [-0.05, 0) is 37.3 Å². The molecule has 2 aliphatic rings. The quantitative estimate of drug-likeness (QED) is 0.899. The molecule has 1 aromatic carbocycles. The highest BCUT2D eigenvalue weighted by Gasteiger charge is 2.47. The molecule has 102 valence electrons. The molecule has 19 heavy (non-hydrogen) atoms. The Morgan fingerprint density at radius 1 is 1.21 bits per heavy atom. The van der Waals surface area contributed by atoms with Gasteiger partial charge in [-0.25, -0.2) is 0 Å². The van der Waals surface area contributed by atoms with Crippen LogP contribution in [0.25, 0.3) is 0 Å². The molecular formula is C16H20O2S. The first-order valence-corrected chi connectivity index (χ1v) is 8.02. The molecule has 2 fully saturated rings. The summed E-state index contributed by atoms with van der Waals surface area (Å²) in [7, 11) is 0. The maximum atomic E-state index is 12.3. The lowest BCUT2D eigenvalue weighted by Gasteiger charge is -2.45. The highest BCUT2D eigenvalue weighted by molar-refractivity contribution is 8.00. The number of carbonyl (C=O) groups excluding carboxylic acids is 1. The summed E-state index contributed by atoms with van der Waals surface area (Å²) >= 11 is 1.67. The molecule has 0 aromatic heterocycles. The second-order valence-electron chi connectivity index (χ2n) is 5.84. The lowest BCUT2D eigenvalue weighted by atomic mass is 9.67. The van der Waals surface area contributed by atoms with Crippen LogP contribution in [-0.4, -0.2) is 21.7 Å². The van der Waals surface area contributed by atoms with Crippen molar-refractivity contribution in [1.29, 1.82) is 0 Å². The van der Waals surface area contributed by atoms with E-state index >= 15 is 0 Å². The van der Waals surface area contributed by atoms with Crippen LogP contribution in [0.3, 0.4) is 0 Å². The van der Waals surface area contributed by atoms with Crippen LogP contribution in [-0.2, 0) is 4.79 Å². The molecule has 3 heteroatoms. The van der Waals surface area contributed by atoms with Gasteiger partial charge in [0.25, 0.3) is 0 Å². The standard InChI is InChI=1S/C16H20O2S/c17-14-11-16(18)9-5-4-6-12(16)10-15(14)19-13-7-2-1-3-8-13/h1-3,7-8,12,15,18H,4-6,9-11H2. The van der Waals surface area contributed by atoms with E-state index in [1.807, 2.05) is 18.2 Å². The zero-order valence-corrected chi connectivity index (χ0v) is 11.9. The first-order valence-electron chi connectivity index (χ1n) is 7.14. The Morgan fingerprint density at radius 3 is 2.79 bits per heavy atom. The van der Waals surface area contributed by atoms with Gasteiger partial charge >= 0.3 is 0 Å². The molecule has 0 radical (unpaired) electrons. The summed E-state index contributed by atoms with van der Waals surface area (Å²) in [5.41, 5.74) is -0.691. The largest absolute Gasteiger partial charge is 0.389 e. The number of benzene rings is 1. The summed E-state index contributed by atoms with van der Waals surface area (Å²) in [6.07, 6.45) is 5.36. The number of hydrogen-bond acceptors (Lipinski definition) is 3. The summed E-state index contributed by atoms with van der Waals surface area (Å²) in [4.78, 5) is 13.4. The minimum absolute atomic E-state index is 0.0331. The molecule has 3 atom stereocenters. The number of aliphatic hydroxyl groups is 1. The van der Waals surface area contributed by atoms with Crippen LogP contribution in [0.1, 0.15) is 38.5 Å². The lowest BCUT2D eigenvalue weighted by Crippen LogP contribution is -2.49. The smallest absolute Gasteiger partial charge is 0.149 e. The Bertz CT molecular complexity index is 459. The van der Waals surface area contributed by atoms with Crippen LogP contribution in [0.15, 0.2) is 35.2 Å². The van der Waals surface area contributed by atoms with Gasteiger partial charge in [0.2, 0.25) is 0 Å². The molecule has 0 aliphatic heterocycles. The average Bonchev–Trinajstić information content (AvgIpc) is 2.41. The molecular weight excluding hydrogens is 256 g/mol. The molecule has 2 nitrogen and oxygen atoms in total. The predicted molar refractivity (Wildman–Crippen MR) is 77.2 cm³/mol. The maximum Gasteiger partial charge on any atom is 0.149 e. The summed E-state index contributed by atoms with van der Waals surface area (Å²) < 4.78 is 0. The Balaban J connectivity index is 1.72. The summed E-state index contributed by atoms with van der Waals surface area (Å²) in [6, 6.07) is 10.1. The first-order chi connectivity index (χ1) is 9.17. The minimum Gasteiger partial charge on any atom is -0.389 e. The number of hydrogen-bond donors (Lipinski definition) is 1. The SMILES string of the molecule is O=C1CC2(O)CCCCC2CC1Sc1ccccc1. The highest BCUT2D eigenvalue weighted by Crippen LogP contribution is 2.46. The van der Waals surface area contributed by atoms with Gasteiger partial charge in [0, 0.05) is 11.3 Å². The van der Waals surface area contributed by atoms with Gasteiger partial charge < -0.3 is 5.11 Å². The fraction of sp³-hybridized carbons (Fsp3) is 0.562. The maximum absolute atomic E-state index is 12.3. The Morgan fingerprint density at radius 2 is 2.00 bits per heavy atom. The zero-order valence-electron chi connectivity index (χ0n) is 11.0. The van der Waals surface area contributed by atoms with Crippen LogP contribution in [0.4, 0.5) is 0 Å². The minimum atomic E-state index is -0.691. The molecule has 0 saturated heterocycles. The second-order valence-corrected chi connectivity index (χ2v) is 7.12. The lowest BCUT2D eigenvalue weighted by molar-refractivity contribution is -0.136. The van der Waals surface area contributed by atoms with Crippen molar-refractivity contribution in [3.63, 3.8) is 0 Å². The van der Waals surface area contributed by atoms with Crippen molar-refractivity contribution in [2.75, 3.05) is 0 Å². The van der Waals surface area contributed by atoms with E-state index in [4.69, 9.17) is 0 Å². The molecule has 1 N–H and O–H groups in total.